The Morgan fingerprint density at radius 3 is 2.33 bits per heavy atom. The average molecular weight is 257 g/mol. The molecule has 2 heteroatoms. The number of rotatable bonds is 12. The lowest BCUT2D eigenvalue weighted by molar-refractivity contribution is 0.0698. The Labute approximate surface area is 115 Å². The van der Waals surface area contributed by atoms with E-state index in [9.17, 15) is 0 Å². The van der Waals surface area contributed by atoms with Gasteiger partial charge < -0.3 is 10.1 Å². The molecule has 0 fully saturated rings. The summed E-state index contributed by atoms with van der Waals surface area (Å²) < 4.78 is 5.78. The molecule has 0 rings (SSSR count). The lowest BCUT2D eigenvalue weighted by atomic mass is 9.77. The molecule has 0 bridgehead atoms. The highest BCUT2D eigenvalue weighted by Gasteiger charge is 2.26. The van der Waals surface area contributed by atoms with Gasteiger partial charge in [0.15, 0.2) is 0 Å². The minimum absolute atomic E-state index is 0.447. The number of ether oxygens (including phenoxy) is 1. The first kappa shape index (κ1) is 17.9. The van der Waals surface area contributed by atoms with Crippen molar-refractivity contribution in [1.29, 1.82) is 0 Å². The molecular formula is C16H35NO. The zero-order chi connectivity index (χ0) is 13.9. The van der Waals surface area contributed by atoms with Crippen molar-refractivity contribution in [3.8, 4) is 0 Å². The van der Waals surface area contributed by atoms with Crippen LogP contribution in [0.2, 0.25) is 0 Å². The van der Waals surface area contributed by atoms with Crippen LogP contribution in [0.4, 0.5) is 0 Å². The molecule has 0 aliphatic heterocycles. The largest absolute Gasteiger partial charge is 0.381 e. The van der Waals surface area contributed by atoms with E-state index in [0.717, 1.165) is 26.3 Å². The lowest BCUT2D eigenvalue weighted by Gasteiger charge is -2.33. The topological polar surface area (TPSA) is 21.3 Å². The third kappa shape index (κ3) is 8.10. The van der Waals surface area contributed by atoms with Crippen molar-refractivity contribution in [2.45, 2.75) is 66.7 Å². The Morgan fingerprint density at radius 1 is 1.11 bits per heavy atom. The van der Waals surface area contributed by atoms with Crippen LogP contribution in [0, 0.1) is 11.3 Å². The summed E-state index contributed by atoms with van der Waals surface area (Å²) in [6.45, 7) is 15.3. The molecule has 18 heavy (non-hydrogen) atoms. The maximum absolute atomic E-state index is 5.78. The fraction of sp³-hybridized carbons (Fsp3) is 1.00. The summed E-state index contributed by atoms with van der Waals surface area (Å²) in [6.07, 6.45) is 6.41. The molecule has 0 heterocycles. The van der Waals surface area contributed by atoms with Gasteiger partial charge in [-0.05, 0) is 37.1 Å². The highest BCUT2D eigenvalue weighted by Crippen LogP contribution is 2.32. The van der Waals surface area contributed by atoms with E-state index in [0.29, 0.717) is 11.3 Å². The Morgan fingerprint density at radius 2 is 1.83 bits per heavy atom. The summed E-state index contributed by atoms with van der Waals surface area (Å²) in [7, 11) is 0. The smallest absolute Gasteiger partial charge is 0.0488 e. The zero-order valence-electron chi connectivity index (χ0n) is 13.3. The van der Waals surface area contributed by atoms with Crippen LogP contribution < -0.4 is 5.32 Å². The van der Waals surface area contributed by atoms with Gasteiger partial charge in [-0.3, -0.25) is 0 Å². The molecule has 1 unspecified atom stereocenters. The third-order valence-electron chi connectivity index (χ3n) is 3.79. The molecule has 0 spiro atoms. The summed E-state index contributed by atoms with van der Waals surface area (Å²) in [5, 5.41) is 3.54. The predicted molar refractivity (Wildman–Crippen MR) is 81.1 cm³/mol. The number of unbranched alkanes of at least 4 members (excludes halogenated alkanes) is 1. The molecule has 1 atom stereocenters. The van der Waals surface area contributed by atoms with E-state index in [2.05, 4.69) is 39.9 Å². The first-order valence-corrected chi connectivity index (χ1v) is 7.88. The molecule has 1 N–H and O–H groups in total. The van der Waals surface area contributed by atoms with E-state index in [1.54, 1.807) is 0 Å². The van der Waals surface area contributed by atoms with Crippen molar-refractivity contribution in [3.05, 3.63) is 0 Å². The van der Waals surface area contributed by atoms with Gasteiger partial charge in [0.1, 0.15) is 0 Å². The van der Waals surface area contributed by atoms with Gasteiger partial charge in [-0.25, -0.2) is 0 Å². The van der Waals surface area contributed by atoms with Gasteiger partial charge >= 0.3 is 0 Å². The minimum Gasteiger partial charge on any atom is -0.381 e. The van der Waals surface area contributed by atoms with Crippen LogP contribution in [0.5, 0.6) is 0 Å². The molecule has 110 valence electrons. The van der Waals surface area contributed by atoms with E-state index in [4.69, 9.17) is 4.74 Å². The average Bonchev–Trinajstić information content (AvgIpc) is 2.37. The van der Waals surface area contributed by atoms with Crippen molar-refractivity contribution in [1.82, 2.24) is 5.32 Å². The van der Waals surface area contributed by atoms with Crippen molar-refractivity contribution in [2.24, 2.45) is 11.3 Å². The molecule has 2 nitrogen and oxygen atoms in total. The maximum Gasteiger partial charge on any atom is 0.0488 e. The summed E-state index contributed by atoms with van der Waals surface area (Å²) >= 11 is 0. The summed E-state index contributed by atoms with van der Waals surface area (Å²) in [4.78, 5) is 0. The highest BCUT2D eigenvalue weighted by atomic mass is 16.5. The van der Waals surface area contributed by atoms with Crippen LogP contribution in [-0.4, -0.2) is 26.3 Å². The molecule has 0 aliphatic rings. The second-order valence-electron chi connectivity index (χ2n) is 5.96. The van der Waals surface area contributed by atoms with Gasteiger partial charge in [0.05, 0.1) is 0 Å². The Kier molecular flexibility index (Phi) is 10.8. The van der Waals surface area contributed by atoms with Crippen LogP contribution >= 0.6 is 0 Å². The normalized spacial score (nSPS) is 15.0. The Bertz CT molecular complexity index is 172. The van der Waals surface area contributed by atoms with Gasteiger partial charge in [0.25, 0.3) is 0 Å². The minimum atomic E-state index is 0.447. The second kappa shape index (κ2) is 10.8. The Balaban J connectivity index is 4.15. The molecule has 0 radical (unpaired) electrons. The number of nitrogens with one attached hydrogen (secondary N) is 1. The van der Waals surface area contributed by atoms with Crippen LogP contribution in [-0.2, 0) is 4.74 Å². The molecule has 0 aromatic carbocycles. The molecule has 0 amide bonds. The summed E-state index contributed by atoms with van der Waals surface area (Å²) in [5.74, 6) is 0.644. The van der Waals surface area contributed by atoms with Crippen molar-refractivity contribution in [3.63, 3.8) is 0 Å². The Hall–Kier alpha value is -0.0800. The summed E-state index contributed by atoms with van der Waals surface area (Å²) in [6, 6.07) is 0. The SMILES string of the molecule is CCCCC(CC)(CCOCC(C)C)CNCC. The van der Waals surface area contributed by atoms with Gasteiger partial charge in [-0.2, -0.15) is 0 Å². The molecule has 0 saturated carbocycles. The lowest BCUT2D eigenvalue weighted by Crippen LogP contribution is -2.35. The van der Waals surface area contributed by atoms with Crippen LogP contribution in [0.25, 0.3) is 0 Å². The second-order valence-corrected chi connectivity index (χ2v) is 5.96. The molecule has 0 aromatic heterocycles. The van der Waals surface area contributed by atoms with E-state index >= 15 is 0 Å². The van der Waals surface area contributed by atoms with Crippen molar-refractivity contribution >= 4 is 0 Å². The summed E-state index contributed by atoms with van der Waals surface area (Å²) in [5.41, 5.74) is 0.447. The number of hydrogen-bond donors (Lipinski definition) is 1. The fourth-order valence-corrected chi connectivity index (χ4v) is 2.33. The van der Waals surface area contributed by atoms with Crippen LogP contribution in [0.1, 0.15) is 66.7 Å². The molecular weight excluding hydrogens is 222 g/mol. The van der Waals surface area contributed by atoms with Crippen LogP contribution in [0.3, 0.4) is 0 Å². The quantitative estimate of drug-likeness (QED) is 0.528. The van der Waals surface area contributed by atoms with Gasteiger partial charge in [-0.15, -0.1) is 0 Å². The van der Waals surface area contributed by atoms with E-state index < -0.39 is 0 Å². The van der Waals surface area contributed by atoms with E-state index in [-0.39, 0.29) is 0 Å². The number of hydrogen-bond acceptors (Lipinski definition) is 2. The monoisotopic (exact) mass is 257 g/mol. The van der Waals surface area contributed by atoms with Crippen molar-refractivity contribution < 1.29 is 4.74 Å². The van der Waals surface area contributed by atoms with Gasteiger partial charge in [-0.1, -0.05) is 47.5 Å². The highest BCUT2D eigenvalue weighted by molar-refractivity contribution is 4.80. The fourth-order valence-electron chi connectivity index (χ4n) is 2.33. The predicted octanol–water partition coefficient (Wildman–Crippen LogP) is 4.25. The van der Waals surface area contributed by atoms with Crippen LogP contribution in [0.15, 0.2) is 0 Å². The third-order valence-corrected chi connectivity index (χ3v) is 3.79. The van der Waals surface area contributed by atoms with Gasteiger partial charge in [0.2, 0.25) is 0 Å². The zero-order valence-corrected chi connectivity index (χ0v) is 13.3. The first-order chi connectivity index (χ1) is 8.60. The maximum atomic E-state index is 5.78. The molecule has 0 saturated heterocycles. The first-order valence-electron chi connectivity index (χ1n) is 7.88. The standard InChI is InChI=1S/C16H35NO/c1-6-9-10-16(7-2,14-17-8-3)11-12-18-13-15(4)5/h15,17H,6-14H2,1-5H3. The van der Waals surface area contributed by atoms with Crippen molar-refractivity contribution in [2.75, 3.05) is 26.3 Å². The van der Waals surface area contributed by atoms with E-state index in [1.165, 1.54) is 32.1 Å². The van der Waals surface area contributed by atoms with E-state index in [1.807, 2.05) is 0 Å². The molecule has 0 aromatic rings. The van der Waals surface area contributed by atoms with Gasteiger partial charge in [0, 0.05) is 19.8 Å². The molecule has 0 aliphatic carbocycles.